The first-order valence-electron chi connectivity index (χ1n) is 14.2. The van der Waals surface area contributed by atoms with Gasteiger partial charge in [0.05, 0.1) is 24.4 Å². The van der Waals surface area contributed by atoms with E-state index in [2.05, 4.69) is 0 Å². The Morgan fingerprint density at radius 3 is 2.23 bits per heavy atom. The molecule has 0 aromatic heterocycles. The monoisotopic (exact) mass is 620 g/mol. The molecule has 10 heteroatoms. The number of carboxylic acid groups (broad SMARTS) is 1. The summed E-state index contributed by atoms with van der Waals surface area (Å²) in [7, 11) is 0. The molecule has 0 aromatic rings. The second-order valence-corrected chi connectivity index (χ2v) is 11.2. The van der Waals surface area contributed by atoms with Crippen LogP contribution >= 0.6 is 11.6 Å². The van der Waals surface area contributed by atoms with Crippen molar-refractivity contribution in [3.05, 3.63) is 95.2 Å². The predicted octanol–water partition coefficient (Wildman–Crippen LogP) is 4.04. The van der Waals surface area contributed by atoms with Crippen LogP contribution in [0.2, 0.25) is 0 Å². The number of hydrogen-bond donors (Lipinski definition) is 6. The second kappa shape index (κ2) is 20.0. The van der Waals surface area contributed by atoms with Crippen LogP contribution in [0.5, 0.6) is 0 Å². The molecule has 6 N–H and O–H groups in total. The van der Waals surface area contributed by atoms with Gasteiger partial charge in [0, 0.05) is 35.4 Å². The molecule has 1 rings (SSSR count). The molecular formula is C33H45ClO9. The lowest BCUT2D eigenvalue weighted by atomic mass is 9.93. The summed E-state index contributed by atoms with van der Waals surface area (Å²) in [6.45, 7) is 7.47. The van der Waals surface area contributed by atoms with E-state index in [0.717, 1.165) is 5.57 Å². The third-order valence-corrected chi connectivity index (χ3v) is 7.01. The van der Waals surface area contributed by atoms with Crippen molar-refractivity contribution in [1.82, 2.24) is 0 Å². The number of aliphatic hydroxyl groups excluding tert-OH is 5. The minimum Gasteiger partial charge on any atom is -0.478 e. The first-order valence-corrected chi connectivity index (χ1v) is 14.5. The fourth-order valence-electron chi connectivity index (χ4n) is 3.87. The van der Waals surface area contributed by atoms with E-state index in [9.17, 15) is 35.1 Å². The third-order valence-electron chi connectivity index (χ3n) is 6.54. The van der Waals surface area contributed by atoms with Gasteiger partial charge in [-0.15, -0.1) is 0 Å². The Labute approximate surface area is 258 Å². The lowest BCUT2D eigenvalue weighted by molar-refractivity contribution is -0.150. The summed E-state index contributed by atoms with van der Waals surface area (Å²) in [4.78, 5) is 23.1. The first kappa shape index (κ1) is 38.0. The summed E-state index contributed by atoms with van der Waals surface area (Å²) in [6.07, 6.45) is 13.8. The lowest BCUT2D eigenvalue weighted by Gasteiger charge is -2.27. The van der Waals surface area contributed by atoms with Gasteiger partial charge < -0.3 is 35.4 Å². The van der Waals surface area contributed by atoms with E-state index >= 15 is 0 Å². The van der Waals surface area contributed by atoms with Crippen molar-refractivity contribution < 1.29 is 45.0 Å². The highest BCUT2D eigenvalue weighted by atomic mass is 35.5. The molecule has 0 amide bonds. The standard InChI is InChI=1S/C33H45ClO9/c1-21(2)11-5-8-14-25(35)20-28(37)32(40)31(39)23(4)26(34)15-9-6-12-22(3)13-7-10-16-30(38)43-29-19-24(33(41)42)17-18-27(29)36/h5-17,21,23,25,27-29,31-32,35-37,39-40H,18-20H2,1-4H3,(H,41,42)/b9-6+,11-5+,13-7+,14-8+,16-10+,22-12+,26-15-/t23-,25+,27+,28-,29-,31-,32-/m1/s1. The Morgan fingerprint density at radius 2 is 1.58 bits per heavy atom. The average Bonchev–Trinajstić information content (AvgIpc) is 2.95. The molecule has 0 bridgehead atoms. The van der Waals surface area contributed by atoms with E-state index in [0.29, 0.717) is 5.92 Å². The maximum Gasteiger partial charge on any atom is 0.331 e. The van der Waals surface area contributed by atoms with Crippen molar-refractivity contribution in [2.75, 3.05) is 0 Å². The number of carbonyl (C=O) groups is 2. The molecule has 0 fully saturated rings. The Kier molecular flexibility index (Phi) is 17.7. The summed E-state index contributed by atoms with van der Waals surface area (Å²) >= 11 is 6.29. The predicted molar refractivity (Wildman–Crippen MR) is 167 cm³/mol. The van der Waals surface area contributed by atoms with Gasteiger partial charge in [-0.05, 0) is 25.3 Å². The van der Waals surface area contributed by atoms with Crippen LogP contribution in [0.4, 0.5) is 0 Å². The molecule has 0 aliphatic heterocycles. The molecule has 0 heterocycles. The van der Waals surface area contributed by atoms with Crippen molar-refractivity contribution in [3.63, 3.8) is 0 Å². The zero-order valence-corrected chi connectivity index (χ0v) is 25.8. The number of aliphatic carboxylic acids is 1. The molecule has 1 aliphatic carbocycles. The van der Waals surface area contributed by atoms with Crippen LogP contribution < -0.4 is 0 Å². The molecule has 0 spiro atoms. The molecule has 1 aliphatic rings. The highest BCUT2D eigenvalue weighted by Gasteiger charge is 2.31. The smallest absolute Gasteiger partial charge is 0.331 e. The zero-order valence-electron chi connectivity index (χ0n) is 25.0. The summed E-state index contributed by atoms with van der Waals surface area (Å²) in [5.74, 6) is -2.12. The van der Waals surface area contributed by atoms with Crippen molar-refractivity contribution in [1.29, 1.82) is 0 Å². The first-order chi connectivity index (χ1) is 20.2. The number of carboxylic acids is 1. The highest BCUT2D eigenvalue weighted by Crippen LogP contribution is 2.24. The Morgan fingerprint density at radius 1 is 0.953 bits per heavy atom. The van der Waals surface area contributed by atoms with Crippen molar-refractivity contribution in [2.45, 2.75) is 83.6 Å². The fraction of sp³-hybridized carbons (Fsp3) is 0.455. The maximum atomic E-state index is 12.0. The Hall–Kier alpha value is -3.05. The van der Waals surface area contributed by atoms with Gasteiger partial charge in [-0.3, -0.25) is 0 Å². The maximum absolute atomic E-state index is 12.0. The molecule has 238 valence electrons. The Bertz CT molecular complexity index is 1140. The zero-order chi connectivity index (χ0) is 32.5. The quantitative estimate of drug-likeness (QED) is 0.0848. The van der Waals surface area contributed by atoms with Crippen LogP contribution in [0.3, 0.4) is 0 Å². The molecule has 43 heavy (non-hydrogen) atoms. The normalized spacial score (nSPS) is 22.5. The lowest BCUT2D eigenvalue weighted by Crippen LogP contribution is -2.42. The summed E-state index contributed by atoms with van der Waals surface area (Å²) in [5.41, 5.74) is 0.931. The number of allylic oxidation sites excluding steroid dienone is 11. The molecule has 0 radical (unpaired) electrons. The topological polar surface area (TPSA) is 165 Å². The fourth-order valence-corrected chi connectivity index (χ4v) is 4.07. The summed E-state index contributed by atoms with van der Waals surface area (Å²) in [5, 5.41) is 60.5. The summed E-state index contributed by atoms with van der Waals surface area (Å²) < 4.78 is 5.18. The van der Waals surface area contributed by atoms with Crippen molar-refractivity contribution >= 4 is 23.5 Å². The molecule has 0 saturated carbocycles. The molecular weight excluding hydrogens is 576 g/mol. The largest absolute Gasteiger partial charge is 0.478 e. The summed E-state index contributed by atoms with van der Waals surface area (Å²) in [6, 6.07) is 0. The number of hydrogen-bond acceptors (Lipinski definition) is 8. The second-order valence-electron chi connectivity index (χ2n) is 10.7. The van der Waals surface area contributed by atoms with Crippen LogP contribution in [-0.2, 0) is 14.3 Å². The van der Waals surface area contributed by atoms with Crippen LogP contribution in [0.1, 0.15) is 47.0 Å². The van der Waals surface area contributed by atoms with Gasteiger partial charge in [0.25, 0.3) is 0 Å². The molecule has 0 saturated heterocycles. The third kappa shape index (κ3) is 15.3. The molecule has 7 atom stereocenters. The van der Waals surface area contributed by atoms with Gasteiger partial charge in [-0.2, -0.15) is 0 Å². The number of carbonyl (C=O) groups excluding carboxylic acids is 1. The van der Waals surface area contributed by atoms with Crippen molar-refractivity contribution in [3.8, 4) is 0 Å². The average molecular weight is 621 g/mol. The number of ether oxygens (including phenoxy) is 1. The number of esters is 1. The van der Waals surface area contributed by atoms with Crippen LogP contribution in [0.15, 0.2) is 95.2 Å². The highest BCUT2D eigenvalue weighted by molar-refractivity contribution is 6.30. The van der Waals surface area contributed by atoms with Crippen molar-refractivity contribution in [2.24, 2.45) is 11.8 Å². The Balaban J connectivity index is 2.57. The van der Waals surface area contributed by atoms with E-state index in [4.69, 9.17) is 21.4 Å². The van der Waals surface area contributed by atoms with Crippen LogP contribution in [0.25, 0.3) is 0 Å². The minimum atomic E-state index is -1.51. The number of aliphatic hydroxyl groups is 5. The number of halogens is 1. The molecule has 9 nitrogen and oxygen atoms in total. The van der Waals surface area contributed by atoms with E-state index < -0.39 is 54.5 Å². The van der Waals surface area contributed by atoms with Gasteiger partial charge >= 0.3 is 11.9 Å². The minimum absolute atomic E-state index is 0.0578. The molecule has 0 aromatic carbocycles. The van der Waals surface area contributed by atoms with Gasteiger partial charge in [-0.25, -0.2) is 9.59 Å². The van der Waals surface area contributed by atoms with Gasteiger partial charge in [0.15, 0.2) is 0 Å². The van der Waals surface area contributed by atoms with Crippen LogP contribution in [-0.4, -0.2) is 79.2 Å². The van der Waals surface area contributed by atoms with Crippen LogP contribution in [0, 0.1) is 11.8 Å². The molecule has 0 unspecified atom stereocenters. The van der Waals surface area contributed by atoms with E-state index in [1.807, 2.05) is 26.8 Å². The van der Waals surface area contributed by atoms with Gasteiger partial charge in [0.2, 0.25) is 0 Å². The van der Waals surface area contributed by atoms with E-state index in [1.54, 1.807) is 55.5 Å². The SMILES string of the molecule is CC(/C=C/C=C/C(=O)O[C@@H]1CC(C(=O)O)=CC[C@@H]1O)=C\C=C\C=C(/Cl)[C@@H](C)[C@@H](O)[C@H](O)[C@H](O)C[C@@H](O)/C=C/C=C/C(C)C. The van der Waals surface area contributed by atoms with Gasteiger partial charge in [0.1, 0.15) is 12.2 Å². The van der Waals surface area contributed by atoms with E-state index in [-0.39, 0.29) is 29.9 Å². The number of rotatable bonds is 16. The van der Waals surface area contributed by atoms with Gasteiger partial charge in [-0.1, -0.05) is 105 Å². The van der Waals surface area contributed by atoms with E-state index in [1.165, 1.54) is 24.3 Å².